The molecule has 0 spiro atoms. The predicted octanol–water partition coefficient (Wildman–Crippen LogP) is 1.55. The van der Waals surface area contributed by atoms with Crippen LogP contribution in [0.5, 0.6) is 0 Å². The van der Waals surface area contributed by atoms with E-state index in [-0.39, 0.29) is 5.69 Å². The predicted molar refractivity (Wildman–Crippen MR) is 59.6 cm³/mol. The summed E-state index contributed by atoms with van der Waals surface area (Å²) in [6.07, 6.45) is 5.14. The van der Waals surface area contributed by atoms with Gasteiger partial charge in [-0.2, -0.15) is 0 Å². The van der Waals surface area contributed by atoms with Crippen molar-refractivity contribution in [3.05, 3.63) is 18.1 Å². The van der Waals surface area contributed by atoms with Gasteiger partial charge in [0.15, 0.2) is 5.69 Å². The maximum Gasteiger partial charge on any atom is 0.356 e. The molecule has 5 nitrogen and oxygen atoms in total. The van der Waals surface area contributed by atoms with Crippen LogP contribution < -0.4 is 4.90 Å². The van der Waals surface area contributed by atoms with Gasteiger partial charge in [0.2, 0.25) is 0 Å². The van der Waals surface area contributed by atoms with Crippen molar-refractivity contribution in [2.24, 2.45) is 0 Å². The number of anilines is 1. The molecule has 16 heavy (non-hydrogen) atoms. The van der Waals surface area contributed by atoms with Crippen molar-refractivity contribution in [1.82, 2.24) is 9.97 Å². The molecule has 5 heteroatoms. The summed E-state index contributed by atoms with van der Waals surface area (Å²) in [6, 6.07) is 0.889. The molecule has 1 aromatic rings. The average molecular weight is 221 g/mol. The summed E-state index contributed by atoms with van der Waals surface area (Å²) in [7, 11) is 0. The largest absolute Gasteiger partial charge is 0.476 e. The van der Waals surface area contributed by atoms with E-state index >= 15 is 0 Å². The minimum absolute atomic E-state index is 0.0109. The van der Waals surface area contributed by atoms with Crippen LogP contribution in [0.15, 0.2) is 12.4 Å². The molecule has 86 valence electrons. The van der Waals surface area contributed by atoms with E-state index in [9.17, 15) is 4.79 Å². The number of carboxylic acid groups (broad SMARTS) is 1. The van der Waals surface area contributed by atoms with Gasteiger partial charge in [-0.25, -0.2) is 14.8 Å². The second-order valence-corrected chi connectivity index (χ2v) is 4.25. The van der Waals surface area contributed by atoms with Gasteiger partial charge in [-0.1, -0.05) is 0 Å². The van der Waals surface area contributed by atoms with Crippen LogP contribution in [0.25, 0.3) is 0 Å². The Bertz CT molecular complexity index is 381. The average Bonchev–Trinajstić information content (AvgIpc) is 2.59. The molecule has 1 N–H and O–H groups in total. The topological polar surface area (TPSA) is 66.3 Å². The fourth-order valence-electron chi connectivity index (χ4n) is 2.21. The molecule has 2 unspecified atom stereocenters. The van der Waals surface area contributed by atoms with Crippen LogP contribution in [-0.4, -0.2) is 33.1 Å². The molecular formula is C11H15N3O2. The summed E-state index contributed by atoms with van der Waals surface area (Å²) in [4.78, 5) is 20.9. The van der Waals surface area contributed by atoms with E-state index in [4.69, 9.17) is 5.11 Å². The van der Waals surface area contributed by atoms with Crippen molar-refractivity contribution < 1.29 is 9.90 Å². The van der Waals surface area contributed by atoms with Crippen LogP contribution in [-0.2, 0) is 0 Å². The third-order valence-electron chi connectivity index (χ3n) is 3.07. The van der Waals surface area contributed by atoms with Crippen LogP contribution in [0.2, 0.25) is 0 Å². The lowest BCUT2D eigenvalue weighted by Crippen LogP contribution is -2.33. The first-order valence-corrected chi connectivity index (χ1v) is 5.43. The number of rotatable bonds is 2. The third-order valence-corrected chi connectivity index (χ3v) is 3.07. The highest BCUT2D eigenvalue weighted by Crippen LogP contribution is 2.27. The molecule has 2 heterocycles. The molecule has 0 aromatic carbocycles. The van der Waals surface area contributed by atoms with Gasteiger partial charge >= 0.3 is 5.97 Å². The SMILES string of the molecule is CC1CCC(C)N1c1cnc(C(=O)O)cn1. The Morgan fingerprint density at radius 1 is 1.31 bits per heavy atom. The minimum Gasteiger partial charge on any atom is -0.476 e. The standard InChI is InChI=1S/C11H15N3O2/c1-7-3-4-8(2)14(7)10-6-12-9(5-13-10)11(15)16/h5-8H,3-4H2,1-2H3,(H,15,16). The highest BCUT2D eigenvalue weighted by Gasteiger charge is 2.28. The molecular weight excluding hydrogens is 206 g/mol. The summed E-state index contributed by atoms with van der Waals surface area (Å²) in [5, 5.41) is 8.73. The van der Waals surface area contributed by atoms with Gasteiger partial charge < -0.3 is 10.0 Å². The van der Waals surface area contributed by atoms with E-state index < -0.39 is 5.97 Å². The molecule has 2 atom stereocenters. The van der Waals surface area contributed by atoms with Crippen molar-refractivity contribution in [3.63, 3.8) is 0 Å². The number of hydrogen-bond acceptors (Lipinski definition) is 4. The van der Waals surface area contributed by atoms with Crippen LogP contribution in [0.3, 0.4) is 0 Å². The van der Waals surface area contributed by atoms with Crippen molar-refractivity contribution in [2.75, 3.05) is 4.90 Å². The maximum absolute atomic E-state index is 10.6. The summed E-state index contributed by atoms with van der Waals surface area (Å²) < 4.78 is 0. The Balaban J connectivity index is 2.24. The van der Waals surface area contributed by atoms with Gasteiger partial charge in [0, 0.05) is 12.1 Å². The van der Waals surface area contributed by atoms with Crippen molar-refractivity contribution in [2.45, 2.75) is 38.8 Å². The monoisotopic (exact) mass is 221 g/mol. The number of carboxylic acids is 1. The molecule has 0 amide bonds. The maximum atomic E-state index is 10.6. The zero-order valence-corrected chi connectivity index (χ0v) is 9.42. The second kappa shape index (κ2) is 4.08. The van der Waals surface area contributed by atoms with Crippen molar-refractivity contribution in [3.8, 4) is 0 Å². The molecule has 2 rings (SSSR count). The lowest BCUT2D eigenvalue weighted by atomic mass is 10.2. The molecule has 1 aliphatic rings. The first-order valence-electron chi connectivity index (χ1n) is 5.43. The number of carbonyl (C=O) groups is 1. The Hall–Kier alpha value is -1.65. The summed E-state index contributed by atoms with van der Waals surface area (Å²) in [5.41, 5.74) is -0.0109. The van der Waals surface area contributed by atoms with Gasteiger partial charge in [0.05, 0.1) is 12.4 Å². The van der Waals surface area contributed by atoms with Crippen LogP contribution >= 0.6 is 0 Å². The first kappa shape index (κ1) is 10.9. The van der Waals surface area contributed by atoms with Crippen LogP contribution in [0.1, 0.15) is 37.2 Å². The minimum atomic E-state index is -1.04. The fraction of sp³-hybridized carbons (Fsp3) is 0.545. The van der Waals surface area contributed by atoms with E-state index in [0.29, 0.717) is 12.1 Å². The smallest absolute Gasteiger partial charge is 0.356 e. The molecule has 0 bridgehead atoms. The molecule has 1 aliphatic heterocycles. The van der Waals surface area contributed by atoms with E-state index in [0.717, 1.165) is 18.7 Å². The van der Waals surface area contributed by atoms with E-state index in [1.165, 1.54) is 6.20 Å². The van der Waals surface area contributed by atoms with Gasteiger partial charge in [0.1, 0.15) is 5.82 Å². The number of hydrogen-bond donors (Lipinski definition) is 1. The molecule has 1 saturated heterocycles. The Labute approximate surface area is 94.1 Å². The van der Waals surface area contributed by atoms with Crippen molar-refractivity contribution >= 4 is 11.8 Å². The van der Waals surface area contributed by atoms with Crippen molar-refractivity contribution in [1.29, 1.82) is 0 Å². The van der Waals surface area contributed by atoms with E-state index in [1.807, 2.05) is 0 Å². The number of aromatic carboxylic acids is 1. The normalized spacial score (nSPS) is 24.8. The number of aromatic nitrogens is 2. The van der Waals surface area contributed by atoms with E-state index in [2.05, 4.69) is 28.7 Å². The molecule has 0 aliphatic carbocycles. The van der Waals surface area contributed by atoms with Gasteiger partial charge in [-0.05, 0) is 26.7 Å². The fourth-order valence-corrected chi connectivity index (χ4v) is 2.21. The van der Waals surface area contributed by atoms with Gasteiger partial charge in [0.25, 0.3) is 0 Å². The first-order chi connectivity index (χ1) is 7.59. The van der Waals surface area contributed by atoms with Gasteiger partial charge in [-0.15, -0.1) is 0 Å². The van der Waals surface area contributed by atoms with E-state index in [1.54, 1.807) is 6.20 Å². The molecule has 0 saturated carbocycles. The Morgan fingerprint density at radius 2 is 1.94 bits per heavy atom. The molecule has 1 aromatic heterocycles. The quantitative estimate of drug-likeness (QED) is 0.820. The Kier molecular flexibility index (Phi) is 2.77. The lowest BCUT2D eigenvalue weighted by molar-refractivity contribution is 0.0690. The lowest BCUT2D eigenvalue weighted by Gasteiger charge is -2.26. The van der Waals surface area contributed by atoms with Crippen LogP contribution in [0.4, 0.5) is 5.82 Å². The highest BCUT2D eigenvalue weighted by molar-refractivity contribution is 5.84. The summed E-state index contributed by atoms with van der Waals surface area (Å²) in [5.74, 6) is -0.274. The zero-order valence-electron chi connectivity index (χ0n) is 9.42. The highest BCUT2D eigenvalue weighted by atomic mass is 16.4. The number of nitrogens with zero attached hydrogens (tertiary/aromatic N) is 3. The summed E-state index contributed by atoms with van der Waals surface area (Å²) >= 11 is 0. The third kappa shape index (κ3) is 1.85. The molecule has 0 radical (unpaired) electrons. The second-order valence-electron chi connectivity index (χ2n) is 4.25. The molecule has 1 fully saturated rings. The Morgan fingerprint density at radius 3 is 2.38 bits per heavy atom. The van der Waals surface area contributed by atoms with Gasteiger partial charge in [-0.3, -0.25) is 0 Å². The van der Waals surface area contributed by atoms with Crippen LogP contribution in [0, 0.1) is 0 Å². The zero-order chi connectivity index (χ0) is 11.7. The summed E-state index contributed by atoms with van der Waals surface area (Å²) in [6.45, 7) is 4.30.